The zero-order valence-electron chi connectivity index (χ0n) is 10.8. The van der Waals surface area contributed by atoms with Crippen LogP contribution in [0.15, 0.2) is 48.9 Å². The van der Waals surface area contributed by atoms with Crippen LogP contribution in [-0.2, 0) is 7.05 Å². The average molecular weight is 286 g/mol. The molecule has 0 unspecified atom stereocenters. The summed E-state index contributed by atoms with van der Waals surface area (Å²) in [6.07, 6.45) is 5.17. The SMILES string of the molecule is Cn1cc(-c2nc(Nc3ccccc3)ncc2Cl)cn1. The molecule has 0 atom stereocenters. The van der Waals surface area contributed by atoms with Crippen LogP contribution in [0.5, 0.6) is 0 Å². The maximum absolute atomic E-state index is 6.15. The number of nitrogens with zero attached hydrogens (tertiary/aromatic N) is 4. The van der Waals surface area contributed by atoms with Crippen LogP contribution in [0, 0.1) is 0 Å². The molecule has 0 radical (unpaired) electrons. The van der Waals surface area contributed by atoms with Crippen LogP contribution in [0.25, 0.3) is 11.3 Å². The number of halogens is 1. The fourth-order valence-corrected chi connectivity index (χ4v) is 2.02. The van der Waals surface area contributed by atoms with Gasteiger partial charge < -0.3 is 5.32 Å². The van der Waals surface area contributed by atoms with Gasteiger partial charge in [0.15, 0.2) is 0 Å². The third-order valence-corrected chi connectivity index (χ3v) is 3.03. The number of para-hydroxylation sites is 1. The lowest BCUT2D eigenvalue weighted by Gasteiger charge is -2.06. The van der Waals surface area contributed by atoms with Gasteiger partial charge in [-0.15, -0.1) is 0 Å². The Morgan fingerprint density at radius 3 is 2.65 bits per heavy atom. The molecule has 0 aliphatic carbocycles. The second-order valence-corrected chi connectivity index (χ2v) is 4.69. The molecule has 0 amide bonds. The highest BCUT2D eigenvalue weighted by Crippen LogP contribution is 2.26. The molecule has 0 aliphatic rings. The van der Waals surface area contributed by atoms with Crippen molar-refractivity contribution in [3.05, 3.63) is 53.9 Å². The van der Waals surface area contributed by atoms with Crippen LogP contribution >= 0.6 is 11.6 Å². The first-order valence-corrected chi connectivity index (χ1v) is 6.44. The molecule has 2 heterocycles. The number of nitrogens with one attached hydrogen (secondary N) is 1. The Bertz CT molecular complexity index is 723. The van der Waals surface area contributed by atoms with Gasteiger partial charge in [-0.3, -0.25) is 4.68 Å². The molecule has 0 spiro atoms. The fraction of sp³-hybridized carbons (Fsp3) is 0.0714. The molecule has 1 N–H and O–H groups in total. The number of aromatic nitrogens is 4. The number of anilines is 2. The summed E-state index contributed by atoms with van der Waals surface area (Å²) in [5, 5.41) is 7.76. The molecule has 2 aromatic heterocycles. The first-order valence-electron chi connectivity index (χ1n) is 6.06. The smallest absolute Gasteiger partial charge is 0.227 e. The van der Waals surface area contributed by atoms with Gasteiger partial charge in [0.05, 0.1) is 23.1 Å². The zero-order valence-corrected chi connectivity index (χ0v) is 11.5. The van der Waals surface area contributed by atoms with Crippen molar-refractivity contribution in [2.24, 2.45) is 7.05 Å². The number of hydrogen-bond donors (Lipinski definition) is 1. The quantitative estimate of drug-likeness (QED) is 0.802. The maximum atomic E-state index is 6.15. The summed E-state index contributed by atoms with van der Waals surface area (Å²) in [5.74, 6) is 0.499. The average Bonchev–Trinajstić information content (AvgIpc) is 2.89. The van der Waals surface area contributed by atoms with Gasteiger partial charge in [0, 0.05) is 24.5 Å². The molecule has 6 heteroatoms. The summed E-state index contributed by atoms with van der Waals surface area (Å²) in [6, 6.07) is 9.74. The Kier molecular flexibility index (Phi) is 3.35. The molecule has 0 bridgehead atoms. The Labute approximate surface area is 121 Å². The van der Waals surface area contributed by atoms with Crippen LogP contribution in [0.2, 0.25) is 5.02 Å². The van der Waals surface area contributed by atoms with Crippen LogP contribution in [0.1, 0.15) is 0 Å². The highest BCUT2D eigenvalue weighted by molar-refractivity contribution is 6.32. The minimum absolute atomic E-state index is 0.497. The van der Waals surface area contributed by atoms with E-state index in [0.717, 1.165) is 11.3 Å². The predicted octanol–water partition coefficient (Wildman–Crippen LogP) is 3.27. The lowest BCUT2D eigenvalue weighted by Crippen LogP contribution is -1.98. The summed E-state index contributed by atoms with van der Waals surface area (Å²) in [5.41, 5.74) is 2.44. The normalized spacial score (nSPS) is 10.5. The van der Waals surface area contributed by atoms with E-state index in [1.807, 2.05) is 43.6 Å². The maximum Gasteiger partial charge on any atom is 0.227 e. The van der Waals surface area contributed by atoms with Gasteiger partial charge in [0.1, 0.15) is 0 Å². The van der Waals surface area contributed by atoms with Crippen molar-refractivity contribution in [3.8, 4) is 11.3 Å². The van der Waals surface area contributed by atoms with Gasteiger partial charge in [-0.05, 0) is 12.1 Å². The zero-order chi connectivity index (χ0) is 13.9. The predicted molar refractivity (Wildman–Crippen MR) is 79.0 cm³/mol. The summed E-state index contributed by atoms with van der Waals surface area (Å²) in [6.45, 7) is 0. The molecule has 0 aliphatic heterocycles. The Hall–Kier alpha value is -2.40. The van der Waals surface area contributed by atoms with Crippen LogP contribution in [0.3, 0.4) is 0 Å². The number of benzene rings is 1. The van der Waals surface area contributed by atoms with E-state index in [2.05, 4.69) is 20.4 Å². The first-order chi connectivity index (χ1) is 9.72. The van der Waals surface area contributed by atoms with Gasteiger partial charge in [-0.1, -0.05) is 29.8 Å². The summed E-state index contributed by atoms with van der Waals surface area (Å²) in [7, 11) is 1.85. The highest BCUT2D eigenvalue weighted by Gasteiger charge is 2.10. The van der Waals surface area contributed by atoms with Crippen molar-refractivity contribution in [1.29, 1.82) is 0 Å². The van der Waals surface area contributed by atoms with E-state index in [1.54, 1.807) is 17.1 Å². The molecule has 0 fully saturated rings. The fourth-order valence-electron chi connectivity index (χ4n) is 1.82. The van der Waals surface area contributed by atoms with Crippen molar-refractivity contribution >= 4 is 23.2 Å². The molecule has 20 heavy (non-hydrogen) atoms. The second kappa shape index (κ2) is 5.30. The second-order valence-electron chi connectivity index (χ2n) is 4.28. The van der Waals surface area contributed by atoms with Crippen molar-refractivity contribution in [2.75, 3.05) is 5.32 Å². The van der Waals surface area contributed by atoms with Crippen molar-refractivity contribution < 1.29 is 0 Å². The lowest BCUT2D eigenvalue weighted by atomic mass is 10.2. The Morgan fingerprint density at radius 1 is 1.15 bits per heavy atom. The van der Waals surface area contributed by atoms with E-state index in [1.165, 1.54) is 0 Å². The minimum Gasteiger partial charge on any atom is -0.324 e. The van der Waals surface area contributed by atoms with Gasteiger partial charge in [0.25, 0.3) is 0 Å². The summed E-state index contributed by atoms with van der Waals surface area (Å²) < 4.78 is 1.71. The van der Waals surface area contributed by atoms with Gasteiger partial charge in [0.2, 0.25) is 5.95 Å². The van der Waals surface area contributed by atoms with E-state index in [-0.39, 0.29) is 0 Å². The molecule has 0 saturated carbocycles. The van der Waals surface area contributed by atoms with E-state index in [9.17, 15) is 0 Å². The van der Waals surface area contributed by atoms with Crippen LogP contribution < -0.4 is 5.32 Å². The van der Waals surface area contributed by atoms with E-state index < -0.39 is 0 Å². The molecule has 3 aromatic rings. The van der Waals surface area contributed by atoms with E-state index >= 15 is 0 Å². The number of aryl methyl sites for hydroxylation is 1. The Morgan fingerprint density at radius 2 is 1.95 bits per heavy atom. The van der Waals surface area contributed by atoms with Crippen LogP contribution in [0.4, 0.5) is 11.6 Å². The van der Waals surface area contributed by atoms with Gasteiger partial charge >= 0.3 is 0 Å². The lowest BCUT2D eigenvalue weighted by molar-refractivity contribution is 0.768. The standard InChI is InChI=1S/C14H12ClN5/c1-20-9-10(7-17-20)13-12(15)8-16-14(19-13)18-11-5-3-2-4-6-11/h2-9H,1H3,(H,16,18,19). The molecular weight excluding hydrogens is 274 g/mol. The van der Waals surface area contributed by atoms with Crippen LogP contribution in [-0.4, -0.2) is 19.7 Å². The highest BCUT2D eigenvalue weighted by atomic mass is 35.5. The Balaban J connectivity index is 1.94. The monoisotopic (exact) mass is 285 g/mol. The molecule has 1 aromatic carbocycles. The first kappa shape index (κ1) is 12.6. The largest absolute Gasteiger partial charge is 0.324 e. The third-order valence-electron chi connectivity index (χ3n) is 2.75. The van der Waals surface area contributed by atoms with Crippen molar-refractivity contribution in [1.82, 2.24) is 19.7 Å². The van der Waals surface area contributed by atoms with Gasteiger partial charge in [-0.2, -0.15) is 5.10 Å². The van der Waals surface area contributed by atoms with Crippen molar-refractivity contribution in [2.45, 2.75) is 0 Å². The summed E-state index contributed by atoms with van der Waals surface area (Å²) in [4.78, 5) is 8.63. The van der Waals surface area contributed by atoms with Crippen molar-refractivity contribution in [3.63, 3.8) is 0 Å². The molecule has 3 rings (SSSR count). The number of hydrogen-bond acceptors (Lipinski definition) is 4. The molecule has 100 valence electrons. The molecule has 0 saturated heterocycles. The molecular formula is C14H12ClN5. The molecule has 5 nitrogen and oxygen atoms in total. The van der Waals surface area contributed by atoms with Gasteiger partial charge in [-0.25, -0.2) is 9.97 Å². The minimum atomic E-state index is 0.497. The number of rotatable bonds is 3. The van der Waals surface area contributed by atoms with E-state index in [4.69, 9.17) is 11.6 Å². The van der Waals surface area contributed by atoms with E-state index in [0.29, 0.717) is 16.7 Å². The third kappa shape index (κ3) is 2.62. The topological polar surface area (TPSA) is 55.6 Å². The summed E-state index contributed by atoms with van der Waals surface area (Å²) >= 11 is 6.15.